The Bertz CT molecular complexity index is 512. The van der Waals surface area contributed by atoms with Crippen LogP contribution in [0.1, 0.15) is 32.1 Å². The van der Waals surface area contributed by atoms with Gasteiger partial charge in [-0.25, -0.2) is 16.8 Å². The zero-order valence-electron chi connectivity index (χ0n) is 11.5. The van der Waals surface area contributed by atoms with Crippen molar-refractivity contribution in [2.75, 3.05) is 19.0 Å². The molecule has 7 nitrogen and oxygen atoms in total. The van der Waals surface area contributed by atoms with Crippen LogP contribution in [0.3, 0.4) is 0 Å². The number of sulfonamides is 1. The van der Waals surface area contributed by atoms with Crippen molar-refractivity contribution < 1.29 is 55.7 Å². The first kappa shape index (κ1) is 18.8. The van der Waals surface area contributed by atoms with Crippen LogP contribution < -0.4 is 29.6 Å². The molecule has 1 unspecified atom stereocenters. The molecule has 0 spiro atoms. The Morgan fingerprint density at radius 3 is 2.20 bits per heavy atom. The Morgan fingerprint density at radius 1 is 1.20 bits per heavy atom. The average Bonchev–Trinajstić information content (AvgIpc) is 2.92. The summed E-state index contributed by atoms with van der Waals surface area (Å²) in [5.41, 5.74) is 0. The SMILES string of the molecule is O=S(=O)([O-])C1CCC(OCCCN2CS2(=O)=O)CC1.[Na+]. The second kappa shape index (κ2) is 7.36. The van der Waals surface area contributed by atoms with Gasteiger partial charge in [0.1, 0.15) is 5.88 Å². The minimum atomic E-state index is -4.17. The minimum Gasteiger partial charge on any atom is -0.748 e. The van der Waals surface area contributed by atoms with E-state index in [1.807, 2.05) is 0 Å². The zero-order chi connectivity index (χ0) is 14.1. The van der Waals surface area contributed by atoms with Gasteiger partial charge in [-0.2, -0.15) is 4.31 Å². The summed E-state index contributed by atoms with van der Waals surface area (Å²) in [4.78, 5) is 0. The number of ether oxygens (including phenoxy) is 1. The number of nitrogens with zero attached hydrogens (tertiary/aromatic N) is 1. The molecular weight excluding hydrogens is 317 g/mol. The Morgan fingerprint density at radius 2 is 1.75 bits per heavy atom. The predicted molar refractivity (Wildman–Crippen MR) is 66.8 cm³/mol. The summed E-state index contributed by atoms with van der Waals surface area (Å²) in [6, 6.07) is 0. The molecule has 0 aromatic carbocycles. The summed E-state index contributed by atoms with van der Waals surface area (Å²) >= 11 is 0. The van der Waals surface area contributed by atoms with E-state index in [9.17, 15) is 21.4 Å². The van der Waals surface area contributed by atoms with Crippen molar-refractivity contribution in [1.82, 2.24) is 4.31 Å². The first-order valence-corrected chi connectivity index (χ1v) is 9.41. The summed E-state index contributed by atoms with van der Waals surface area (Å²) in [5, 5.41) is -0.768. The Labute approximate surface area is 142 Å². The van der Waals surface area contributed by atoms with E-state index >= 15 is 0 Å². The maximum atomic E-state index is 10.9. The van der Waals surface area contributed by atoms with Gasteiger partial charge in [-0.15, -0.1) is 0 Å². The topological polar surface area (TPSA) is 104 Å². The molecule has 1 saturated heterocycles. The molecular formula is C10H18NNaO6S2. The molecule has 0 radical (unpaired) electrons. The third-order valence-corrected chi connectivity index (χ3v) is 6.29. The van der Waals surface area contributed by atoms with Crippen LogP contribution in [-0.4, -0.2) is 56.1 Å². The standard InChI is InChI=1S/C10H19NO6S2.Na/c12-18(13)8-11(18)6-1-7-17-9-2-4-10(5-3-9)19(14,15)16;/h9-10H,1-8H2,(H,14,15,16);/q;+1/p-1. The van der Waals surface area contributed by atoms with Crippen LogP contribution in [0.5, 0.6) is 0 Å². The van der Waals surface area contributed by atoms with Crippen molar-refractivity contribution >= 4 is 20.1 Å². The van der Waals surface area contributed by atoms with Crippen LogP contribution in [0.2, 0.25) is 0 Å². The van der Waals surface area contributed by atoms with E-state index in [0.717, 1.165) is 0 Å². The molecule has 10 heteroatoms. The first-order valence-electron chi connectivity index (χ1n) is 6.33. The molecule has 0 N–H and O–H groups in total. The van der Waals surface area contributed by atoms with Crippen LogP contribution in [0, 0.1) is 0 Å². The molecule has 0 aromatic heterocycles. The van der Waals surface area contributed by atoms with Crippen molar-refractivity contribution in [1.29, 1.82) is 0 Å². The van der Waals surface area contributed by atoms with E-state index in [1.54, 1.807) is 0 Å². The summed E-state index contributed by atoms with van der Waals surface area (Å²) in [5.74, 6) is 0.138. The quantitative estimate of drug-likeness (QED) is 0.220. The maximum Gasteiger partial charge on any atom is 1.00 e. The fourth-order valence-electron chi connectivity index (χ4n) is 2.34. The van der Waals surface area contributed by atoms with Crippen molar-refractivity contribution in [3.8, 4) is 0 Å². The third kappa shape index (κ3) is 5.53. The molecule has 2 fully saturated rings. The summed E-state index contributed by atoms with van der Waals surface area (Å²) in [6.07, 6.45) is 2.50. The van der Waals surface area contributed by atoms with Gasteiger partial charge in [-0.1, -0.05) is 0 Å². The second-order valence-corrected chi connectivity index (χ2v) is 8.62. The largest absolute Gasteiger partial charge is 1.00 e. The van der Waals surface area contributed by atoms with Crippen LogP contribution in [0.4, 0.5) is 0 Å². The normalized spacial score (nSPS) is 32.4. The molecule has 1 heterocycles. The van der Waals surface area contributed by atoms with Crippen LogP contribution >= 0.6 is 0 Å². The van der Waals surface area contributed by atoms with E-state index in [-0.39, 0.29) is 41.5 Å². The van der Waals surface area contributed by atoms with Crippen molar-refractivity contribution in [3.63, 3.8) is 0 Å². The fraction of sp³-hybridized carbons (Fsp3) is 1.00. The van der Waals surface area contributed by atoms with Gasteiger partial charge in [0.15, 0.2) is 0 Å². The molecule has 1 aliphatic heterocycles. The molecule has 2 rings (SSSR count). The summed E-state index contributed by atoms with van der Waals surface area (Å²) in [6.45, 7) is 0.943. The Hall–Kier alpha value is 0.780. The van der Waals surface area contributed by atoms with Crippen LogP contribution in [0.25, 0.3) is 0 Å². The predicted octanol–water partition coefficient (Wildman–Crippen LogP) is -3.14. The van der Waals surface area contributed by atoms with Crippen molar-refractivity contribution in [2.24, 2.45) is 0 Å². The first-order chi connectivity index (χ1) is 8.79. The molecule has 112 valence electrons. The van der Waals surface area contributed by atoms with Gasteiger partial charge < -0.3 is 9.29 Å². The van der Waals surface area contributed by atoms with Crippen LogP contribution in [0.15, 0.2) is 0 Å². The molecule has 20 heavy (non-hydrogen) atoms. The van der Waals surface area contributed by atoms with Gasteiger partial charge in [0.2, 0.25) is 10.0 Å². The molecule has 1 atom stereocenters. The van der Waals surface area contributed by atoms with Gasteiger partial charge in [-0.3, -0.25) is 0 Å². The Kier molecular flexibility index (Phi) is 6.93. The van der Waals surface area contributed by atoms with E-state index in [2.05, 4.69) is 0 Å². The number of hydrogen-bond acceptors (Lipinski definition) is 6. The molecule has 0 amide bonds. The molecule has 1 saturated carbocycles. The van der Waals surface area contributed by atoms with Crippen LogP contribution in [-0.2, 0) is 24.9 Å². The minimum absolute atomic E-state index is 0. The molecule has 0 bridgehead atoms. The van der Waals surface area contributed by atoms with E-state index < -0.39 is 25.4 Å². The number of hydrogen-bond donors (Lipinski definition) is 0. The van der Waals surface area contributed by atoms with Crippen molar-refractivity contribution in [2.45, 2.75) is 43.5 Å². The maximum absolute atomic E-state index is 10.9. The average molecular weight is 335 g/mol. The molecule has 2 aliphatic rings. The Balaban J connectivity index is 0.00000200. The fourth-order valence-corrected chi connectivity index (χ4v) is 4.30. The smallest absolute Gasteiger partial charge is 0.748 e. The summed E-state index contributed by atoms with van der Waals surface area (Å²) < 4.78 is 61.3. The van der Waals surface area contributed by atoms with E-state index in [4.69, 9.17) is 4.74 Å². The molecule has 1 aliphatic carbocycles. The summed E-state index contributed by atoms with van der Waals surface area (Å²) in [7, 11) is -7.08. The van der Waals surface area contributed by atoms with Gasteiger partial charge in [0.05, 0.1) is 16.2 Å². The monoisotopic (exact) mass is 335 g/mol. The van der Waals surface area contributed by atoms with Gasteiger partial charge in [0, 0.05) is 18.4 Å². The van der Waals surface area contributed by atoms with E-state index in [1.165, 1.54) is 4.31 Å². The molecule has 0 aromatic rings. The van der Waals surface area contributed by atoms with Gasteiger partial charge >= 0.3 is 29.6 Å². The van der Waals surface area contributed by atoms with E-state index in [0.29, 0.717) is 45.3 Å². The second-order valence-electron chi connectivity index (χ2n) is 5.03. The third-order valence-electron chi connectivity index (χ3n) is 3.56. The zero-order valence-corrected chi connectivity index (χ0v) is 15.2. The van der Waals surface area contributed by atoms with Crippen molar-refractivity contribution in [3.05, 3.63) is 0 Å². The van der Waals surface area contributed by atoms with Gasteiger partial charge in [0.25, 0.3) is 0 Å². The van der Waals surface area contributed by atoms with Gasteiger partial charge in [-0.05, 0) is 32.1 Å². The number of rotatable bonds is 6.